The highest BCUT2D eigenvalue weighted by molar-refractivity contribution is 6.02. The molecule has 1 aromatic heterocycles. The summed E-state index contributed by atoms with van der Waals surface area (Å²) in [5.41, 5.74) is 3.00. The van der Waals surface area contributed by atoms with Crippen LogP contribution < -0.4 is 14.2 Å². The van der Waals surface area contributed by atoms with Crippen molar-refractivity contribution in [3.8, 4) is 17.2 Å². The summed E-state index contributed by atoms with van der Waals surface area (Å²) in [5, 5.41) is 10.2. The molecule has 7 heteroatoms. The number of para-hydroxylation sites is 1. The number of ketones is 1. The van der Waals surface area contributed by atoms with Gasteiger partial charge in [-0.2, -0.15) is 0 Å². The third-order valence-electron chi connectivity index (χ3n) is 5.51. The van der Waals surface area contributed by atoms with Gasteiger partial charge in [0.15, 0.2) is 5.78 Å². The number of fused-ring (bicyclic) bond motifs is 2. The van der Waals surface area contributed by atoms with Crippen molar-refractivity contribution < 1.29 is 28.9 Å². The molecular formula is C27H21NO6. The first-order valence-corrected chi connectivity index (χ1v) is 10.8. The zero-order valence-corrected chi connectivity index (χ0v) is 18.1. The molecule has 34 heavy (non-hydrogen) atoms. The van der Waals surface area contributed by atoms with Gasteiger partial charge in [-0.1, -0.05) is 36.4 Å². The Labute approximate surface area is 195 Å². The minimum atomic E-state index is -1.15. The van der Waals surface area contributed by atoms with E-state index >= 15 is 0 Å². The van der Waals surface area contributed by atoms with Crippen molar-refractivity contribution in [1.29, 1.82) is 0 Å². The van der Waals surface area contributed by atoms with Gasteiger partial charge in [-0.05, 0) is 48.0 Å². The fourth-order valence-electron chi connectivity index (χ4n) is 3.77. The van der Waals surface area contributed by atoms with Crippen molar-refractivity contribution in [3.05, 3.63) is 95.7 Å². The highest BCUT2D eigenvalue weighted by Gasteiger charge is 2.31. The number of rotatable bonds is 7. The SMILES string of the molecule is O=C1CC(C(=O)O)Oc2ccc(OCc3cccc(OCc4ccc5ccccc5n4)c3)cc21. The van der Waals surface area contributed by atoms with Gasteiger partial charge in [0, 0.05) is 5.39 Å². The molecule has 7 nitrogen and oxygen atoms in total. The molecule has 0 amide bonds. The molecule has 4 aromatic rings. The Morgan fingerprint density at radius 2 is 1.76 bits per heavy atom. The summed E-state index contributed by atoms with van der Waals surface area (Å²) < 4.78 is 17.2. The molecule has 0 saturated heterocycles. The maximum atomic E-state index is 12.3. The number of Topliss-reactive ketones (excluding diaryl/α,β-unsaturated/α-hetero) is 1. The van der Waals surface area contributed by atoms with E-state index in [0.29, 0.717) is 23.7 Å². The molecule has 2 heterocycles. The van der Waals surface area contributed by atoms with Gasteiger partial charge in [0.05, 0.1) is 23.2 Å². The number of pyridine rings is 1. The van der Waals surface area contributed by atoms with E-state index in [9.17, 15) is 9.59 Å². The number of carbonyl (C=O) groups excluding carboxylic acids is 1. The second-order valence-electron chi connectivity index (χ2n) is 7.95. The number of ether oxygens (including phenoxy) is 3. The standard InChI is InChI=1S/C27H21NO6/c29-24-14-26(27(30)31)34-25-11-10-21(13-22(24)25)32-15-17-4-3-6-20(12-17)33-16-19-9-8-18-5-1-2-7-23(18)28-19/h1-13,26H,14-16H2,(H,30,31). The molecular weight excluding hydrogens is 434 g/mol. The molecule has 1 atom stereocenters. The Bertz CT molecular complexity index is 1380. The van der Waals surface area contributed by atoms with E-state index in [1.54, 1.807) is 18.2 Å². The summed E-state index contributed by atoms with van der Waals surface area (Å²) in [5.74, 6) is 0.0178. The van der Waals surface area contributed by atoms with Gasteiger partial charge in [0.1, 0.15) is 30.5 Å². The number of aliphatic carboxylic acids is 1. The summed E-state index contributed by atoms with van der Waals surface area (Å²) in [4.78, 5) is 28.1. The quantitative estimate of drug-likeness (QED) is 0.427. The topological polar surface area (TPSA) is 95.0 Å². The van der Waals surface area contributed by atoms with Crippen LogP contribution in [-0.2, 0) is 18.0 Å². The van der Waals surface area contributed by atoms with Crippen molar-refractivity contribution in [2.75, 3.05) is 0 Å². The van der Waals surface area contributed by atoms with Gasteiger partial charge in [-0.3, -0.25) is 4.79 Å². The van der Waals surface area contributed by atoms with E-state index < -0.39 is 12.1 Å². The third kappa shape index (κ3) is 4.68. The first-order chi connectivity index (χ1) is 16.5. The third-order valence-corrected chi connectivity index (χ3v) is 5.51. The lowest BCUT2D eigenvalue weighted by Gasteiger charge is -2.22. The maximum absolute atomic E-state index is 12.3. The Balaban J connectivity index is 1.22. The minimum absolute atomic E-state index is 0.197. The smallest absolute Gasteiger partial charge is 0.345 e. The molecule has 0 spiro atoms. The lowest BCUT2D eigenvalue weighted by atomic mass is 10.0. The van der Waals surface area contributed by atoms with Crippen LogP contribution in [-0.4, -0.2) is 27.9 Å². The number of carbonyl (C=O) groups is 2. The fraction of sp³-hybridized carbons (Fsp3) is 0.148. The Kier molecular flexibility index (Phi) is 5.82. The number of hydrogen-bond donors (Lipinski definition) is 1. The Hall–Kier alpha value is -4.39. The van der Waals surface area contributed by atoms with Crippen LogP contribution in [0.4, 0.5) is 0 Å². The zero-order chi connectivity index (χ0) is 23.5. The van der Waals surface area contributed by atoms with Gasteiger partial charge in [0.25, 0.3) is 0 Å². The van der Waals surface area contributed by atoms with Gasteiger partial charge < -0.3 is 19.3 Å². The molecule has 1 unspecified atom stereocenters. The number of carboxylic acid groups (broad SMARTS) is 1. The summed E-state index contributed by atoms with van der Waals surface area (Å²) in [6, 6.07) is 24.3. The number of aromatic nitrogens is 1. The summed E-state index contributed by atoms with van der Waals surface area (Å²) in [6.45, 7) is 0.621. The molecule has 1 aliphatic rings. The average molecular weight is 455 g/mol. The second kappa shape index (κ2) is 9.23. The van der Waals surface area contributed by atoms with Crippen molar-refractivity contribution in [1.82, 2.24) is 4.98 Å². The van der Waals surface area contributed by atoms with Crippen LogP contribution in [0.15, 0.2) is 78.9 Å². The van der Waals surface area contributed by atoms with Crippen molar-refractivity contribution in [2.24, 2.45) is 0 Å². The van der Waals surface area contributed by atoms with Crippen LogP contribution in [0.1, 0.15) is 28.0 Å². The van der Waals surface area contributed by atoms with Gasteiger partial charge in [-0.15, -0.1) is 0 Å². The zero-order valence-electron chi connectivity index (χ0n) is 18.1. The molecule has 0 aliphatic carbocycles. The minimum Gasteiger partial charge on any atom is -0.489 e. The van der Waals surface area contributed by atoms with Crippen molar-refractivity contribution in [2.45, 2.75) is 25.7 Å². The van der Waals surface area contributed by atoms with Gasteiger partial charge >= 0.3 is 5.97 Å². The first kappa shape index (κ1) is 21.5. The van der Waals surface area contributed by atoms with E-state index in [2.05, 4.69) is 4.98 Å². The van der Waals surface area contributed by atoms with Crippen molar-refractivity contribution >= 4 is 22.7 Å². The van der Waals surface area contributed by atoms with Crippen molar-refractivity contribution in [3.63, 3.8) is 0 Å². The predicted octanol–water partition coefficient (Wildman–Crippen LogP) is 4.81. The van der Waals surface area contributed by atoms with Gasteiger partial charge in [-0.25, -0.2) is 9.78 Å². The second-order valence-corrected chi connectivity index (χ2v) is 7.95. The van der Waals surface area contributed by atoms with E-state index in [0.717, 1.165) is 22.2 Å². The maximum Gasteiger partial charge on any atom is 0.345 e. The first-order valence-electron chi connectivity index (χ1n) is 10.8. The van der Waals surface area contributed by atoms with Crippen LogP contribution >= 0.6 is 0 Å². The van der Waals surface area contributed by atoms with Gasteiger partial charge in [0.2, 0.25) is 6.10 Å². The number of carboxylic acids is 1. The monoisotopic (exact) mass is 455 g/mol. The summed E-state index contributed by atoms with van der Waals surface area (Å²) in [6.07, 6.45) is -1.35. The summed E-state index contributed by atoms with van der Waals surface area (Å²) >= 11 is 0. The molecule has 0 bridgehead atoms. The molecule has 0 radical (unpaired) electrons. The molecule has 0 fully saturated rings. The summed E-state index contributed by atoms with van der Waals surface area (Å²) in [7, 11) is 0. The number of hydrogen-bond acceptors (Lipinski definition) is 6. The van der Waals surface area contributed by atoms with Crippen LogP contribution in [0.2, 0.25) is 0 Å². The Morgan fingerprint density at radius 3 is 2.65 bits per heavy atom. The van der Waals surface area contributed by atoms with Crippen LogP contribution in [0.25, 0.3) is 10.9 Å². The highest BCUT2D eigenvalue weighted by atomic mass is 16.5. The van der Waals surface area contributed by atoms with E-state index in [1.807, 2.05) is 60.7 Å². The van der Waals surface area contributed by atoms with E-state index in [1.165, 1.54) is 0 Å². The largest absolute Gasteiger partial charge is 0.489 e. The van der Waals surface area contributed by atoms with Crippen LogP contribution in [0.3, 0.4) is 0 Å². The molecule has 0 saturated carbocycles. The van der Waals surface area contributed by atoms with Crippen LogP contribution in [0, 0.1) is 0 Å². The normalized spacial score (nSPS) is 14.8. The molecule has 5 rings (SSSR count). The number of benzene rings is 3. The molecule has 1 aliphatic heterocycles. The van der Waals surface area contributed by atoms with Crippen LogP contribution in [0.5, 0.6) is 17.2 Å². The molecule has 170 valence electrons. The van der Waals surface area contributed by atoms with E-state index in [4.69, 9.17) is 19.3 Å². The predicted molar refractivity (Wildman–Crippen MR) is 124 cm³/mol. The molecule has 3 aromatic carbocycles. The average Bonchev–Trinajstić information content (AvgIpc) is 2.86. The Morgan fingerprint density at radius 1 is 0.941 bits per heavy atom. The highest BCUT2D eigenvalue weighted by Crippen LogP contribution is 2.31. The lowest BCUT2D eigenvalue weighted by molar-refractivity contribution is -0.145. The molecule has 1 N–H and O–H groups in total. The lowest BCUT2D eigenvalue weighted by Crippen LogP contribution is -2.33. The van der Waals surface area contributed by atoms with E-state index in [-0.39, 0.29) is 24.6 Å². The fourth-order valence-corrected chi connectivity index (χ4v) is 3.77. The number of nitrogens with zero attached hydrogens (tertiary/aromatic N) is 1.